The van der Waals surface area contributed by atoms with E-state index in [2.05, 4.69) is 22.3 Å². The second-order valence-electron chi connectivity index (χ2n) is 21.3. The fourth-order valence-corrected chi connectivity index (χ4v) is 13.9. The predicted molar refractivity (Wildman–Crippen MR) is 276 cm³/mol. The lowest BCUT2D eigenvalue weighted by Crippen LogP contribution is -2.64. The Morgan fingerprint density at radius 1 is 1.09 bits per heavy atom. The minimum atomic E-state index is -4.62. The van der Waals surface area contributed by atoms with E-state index in [-0.39, 0.29) is 76.7 Å². The highest BCUT2D eigenvalue weighted by molar-refractivity contribution is 7.92. The number of hydrazine groups is 1. The quantitative estimate of drug-likeness (QED) is 0.144. The molecule has 3 fully saturated rings. The van der Waals surface area contributed by atoms with E-state index in [4.69, 9.17) is 14.5 Å². The molecule has 8 rings (SSSR count). The lowest BCUT2D eigenvalue weighted by atomic mass is 9.84. The number of halogens is 3. The summed E-state index contributed by atoms with van der Waals surface area (Å²) in [5, 5.41) is 6.99. The second kappa shape index (κ2) is 21.6. The predicted octanol–water partition coefficient (Wildman–Crippen LogP) is 6.10. The molecule has 4 atom stereocenters. The molecule has 3 aromatic heterocycles. The van der Waals surface area contributed by atoms with Gasteiger partial charge in [0.05, 0.1) is 45.3 Å². The van der Waals surface area contributed by atoms with Crippen molar-refractivity contribution in [1.82, 2.24) is 45.0 Å². The van der Waals surface area contributed by atoms with Crippen molar-refractivity contribution in [3.8, 4) is 22.5 Å². The van der Waals surface area contributed by atoms with Crippen LogP contribution in [0, 0.1) is 11.3 Å². The number of likely N-dealkylation sites (N-methyl/N-ethyl adjacent to an activating group) is 1. The number of piperidine rings is 1. The Hall–Kier alpha value is -5.91. The monoisotopic (exact) mass is 1080 g/mol. The number of carbonyl (C=O) groups excluding carboxylic acids is 5. The molecule has 7 heterocycles. The smallest absolute Gasteiger partial charge is 0.406 e. The summed E-state index contributed by atoms with van der Waals surface area (Å²) < 4.78 is 82.7. The largest absolute Gasteiger partial charge is 0.464 e. The number of aromatic nitrogens is 3. The van der Waals surface area contributed by atoms with Crippen LogP contribution in [0.4, 0.5) is 18.0 Å². The van der Waals surface area contributed by atoms with Crippen molar-refractivity contribution in [2.24, 2.45) is 11.3 Å². The number of amides is 5. The minimum Gasteiger partial charge on any atom is -0.464 e. The zero-order valence-electron chi connectivity index (χ0n) is 43.4. The number of nitrogens with zero attached hydrogens (tertiary/aromatic N) is 7. The van der Waals surface area contributed by atoms with Crippen LogP contribution < -0.4 is 10.7 Å². The molecule has 0 radical (unpaired) electrons. The molecule has 3 saturated heterocycles. The van der Waals surface area contributed by atoms with Crippen molar-refractivity contribution < 1.29 is 55.0 Å². The lowest BCUT2D eigenvalue weighted by molar-refractivity contribution is -0.155. The van der Waals surface area contributed by atoms with Crippen molar-refractivity contribution in [2.75, 3.05) is 59.2 Å². The summed E-state index contributed by atoms with van der Waals surface area (Å²) in [6.45, 7) is 11.5. The van der Waals surface area contributed by atoms with Crippen LogP contribution in [0.2, 0.25) is 0 Å². The van der Waals surface area contributed by atoms with E-state index in [9.17, 15) is 45.6 Å². The number of urea groups is 1. The maximum atomic E-state index is 14.7. The lowest BCUT2D eigenvalue weighted by Gasteiger charge is -2.47. The van der Waals surface area contributed by atoms with Gasteiger partial charge >= 0.3 is 18.2 Å². The van der Waals surface area contributed by atoms with E-state index < -0.39 is 86.7 Å². The molecule has 5 amide bonds. The average Bonchev–Trinajstić information content (AvgIpc) is 3.96. The van der Waals surface area contributed by atoms with Crippen LogP contribution in [0.25, 0.3) is 33.4 Å². The molecule has 0 unspecified atom stereocenters. The molecule has 0 saturated carbocycles. The summed E-state index contributed by atoms with van der Waals surface area (Å²) >= 11 is 1.23. The van der Waals surface area contributed by atoms with Gasteiger partial charge in [-0.25, -0.2) is 23.6 Å². The minimum absolute atomic E-state index is 0.00368. The maximum absolute atomic E-state index is 14.7. The normalized spacial score (nSPS) is 21.8. The van der Waals surface area contributed by atoms with Crippen molar-refractivity contribution >= 4 is 61.8 Å². The Bertz CT molecular complexity index is 2970. The summed E-state index contributed by atoms with van der Waals surface area (Å²) in [4.78, 5) is 83.9. The second-order valence-corrected chi connectivity index (χ2v) is 24.7. The standard InChI is InChI=1S/C52H66F3N9O9S2/c1-9-42(65)62-22-23-75(70,71)51(28-62)16-20-61(21-17-51)49(69)60(7)44(31(2)3)46(66)58-38-25-41-57-39(27-74-41)33-14-15-40-35(24-33)36(26-50(5,6)30-73-48(68)37-13-11-19-64(59-37)47(38)67)45(63(40)29-52(53,54)55)34-12-10-18-56-43(34)32(4)72-8/h9-10,12,14-15,18,24,27,31-32,37-38,44,59H,1,11,13,16-17,19-23,25-26,28-30H2,2-8H3,(H,58,66)/t32-,37-,38-,44-/m0/s1. The molecule has 1 spiro atoms. The Kier molecular flexibility index (Phi) is 15.9. The maximum Gasteiger partial charge on any atom is 0.406 e. The van der Waals surface area contributed by atoms with Gasteiger partial charge in [0, 0.05) is 92.3 Å². The van der Waals surface area contributed by atoms with Crippen LogP contribution >= 0.6 is 11.3 Å². The van der Waals surface area contributed by atoms with E-state index >= 15 is 0 Å². The van der Waals surface area contributed by atoms with E-state index in [1.165, 1.54) is 49.8 Å². The summed E-state index contributed by atoms with van der Waals surface area (Å²) in [6, 6.07) is 4.72. The molecular formula is C52H66F3N9O9S2. The first-order valence-corrected chi connectivity index (χ1v) is 27.7. The molecule has 75 heavy (non-hydrogen) atoms. The number of hydrogen-bond acceptors (Lipinski definition) is 13. The number of sulfone groups is 1. The molecule has 4 aliphatic rings. The topological polar surface area (TPSA) is 206 Å². The third kappa shape index (κ3) is 11.5. The van der Waals surface area contributed by atoms with Crippen molar-refractivity contribution in [3.63, 3.8) is 0 Å². The first kappa shape index (κ1) is 55.3. The number of ether oxygens (including phenoxy) is 2. The van der Waals surface area contributed by atoms with Crippen molar-refractivity contribution in [3.05, 3.63) is 70.8 Å². The molecule has 0 aliphatic carbocycles. The summed E-state index contributed by atoms with van der Waals surface area (Å²) in [7, 11) is -0.616. The van der Waals surface area contributed by atoms with Crippen LogP contribution in [-0.4, -0.2) is 161 Å². The molecule has 6 bridgehead atoms. The van der Waals surface area contributed by atoms with Crippen LogP contribution in [0.1, 0.15) is 82.7 Å². The number of fused-ring (bicyclic) bond motifs is 6. The summed E-state index contributed by atoms with van der Waals surface area (Å²) in [6.07, 6.45) is -1.46. The van der Waals surface area contributed by atoms with Crippen LogP contribution in [0.5, 0.6) is 0 Å². The van der Waals surface area contributed by atoms with Gasteiger partial charge in [-0.1, -0.05) is 40.3 Å². The molecule has 4 aliphatic heterocycles. The zero-order valence-corrected chi connectivity index (χ0v) is 45.0. The van der Waals surface area contributed by atoms with E-state index in [0.717, 1.165) is 6.08 Å². The van der Waals surface area contributed by atoms with Gasteiger partial charge in [-0.15, -0.1) is 11.3 Å². The van der Waals surface area contributed by atoms with Gasteiger partial charge in [-0.3, -0.25) is 29.2 Å². The number of benzene rings is 1. The Labute approximate surface area is 438 Å². The summed E-state index contributed by atoms with van der Waals surface area (Å²) in [5.41, 5.74) is 5.39. The molecule has 4 aromatic rings. The molecule has 406 valence electrons. The SMILES string of the molecule is C=CC(=O)N1CCS(=O)(=O)C2(CCN(C(=O)N(C)[C@H](C(=O)N[C@H]3Cc4nc(cs4)-c4ccc5c(c4)c(c(-c4cccnc4[C@H](C)OC)n5CC(F)(F)F)CC(C)(C)COC(=O)[C@@H]4CCCN(N4)C3=O)C(C)C)CC2)C1. The number of methoxy groups -OCH3 is 1. The number of cyclic esters (lactones) is 1. The number of esters is 1. The number of pyridine rings is 1. The van der Waals surface area contributed by atoms with E-state index in [1.54, 1.807) is 62.7 Å². The van der Waals surface area contributed by atoms with Gasteiger partial charge in [0.2, 0.25) is 11.8 Å². The first-order valence-electron chi connectivity index (χ1n) is 25.2. The molecule has 2 N–H and O–H groups in total. The highest BCUT2D eigenvalue weighted by Gasteiger charge is 2.51. The van der Waals surface area contributed by atoms with Crippen molar-refractivity contribution in [1.29, 1.82) is 0 Å². The van der Waals surface area contributed by atoms with Gasteiger partial charge in [0.15, 0.2) is 9.84 Å². The zero-order chi connectivity index (χ0) is 54.4. The van der Waals surface area contributed by atoms with Crippen LogP contribution in [0.15, 0.2) is 54.6 Å². The number of likely N-dealkylation sites (tertiary alicyclic amines) is 1. The molecule has 18 nitrogen and oxygen atoms in total. The van der Waals surface area contributed by atoms with Crippen LogP contribution in [0.3, 0.4) is 0 Å². The highest BCUT2D eigenvalue weighted by Crippen LogP contribution is 2.43. The number of rotatable bonds is 9. The fourth-order valence-electron chi connectivity index (χ4n) is 11.0. The number of hydrogen-bond donors (Lipinski definition) is 2. The summed E-state index contributed by atoms with van der Waals surface area (Å²) in [5.74, 6) is -2.86. The third-order valence-electron chi connectivity index (χ3n) is 15.0. The Morgan fingerprint density at radius 3 is 2.51 bits per heavy atom. The fraction of sp³-hybridized carbons (Fsp3) is 0.558. The van der Waals surface area contributed by atoms with Gasteiger partial charge in [-0.05, 0) is 80.9 Å². The number of alkyl halides is 3. The number of nitrogens with one attached hydrogen (secondary N) is 2. The number of carbonyl (C=O) groups is 5. The van der Waals surface area contributed by atoms with Gasteiger partial charge in [0.25, 0.3) is 5.91 Å². The molecular weight excluding hydrogens is 1020 g/mol. The molecule has 1 aromatic carbocycles. The first-order chi connectivity index (χ1) is 35.4. The highest BCUT2D eigenvalue weighted by atomic mass is 32.2. The average molecular weight is 1080 g/mol. The Balaban J connectivity index is 1.13. The van der Waals surface area contributed by atoms with Gasteiger partial charge in [0.1, 0.15) is 24.7 Å². The van der Waals surface area contributed by atoms with Gasteiger partial charge < -0.3 is 34.1 Å². The molecule has 23 heteroatoms. The van der Waals surface area contributed by atoms with Crippen molar-refractivity contribution in [2.45, 2.75) is 115 Å². The van der Waals surface area contributed by atoms with Gasteiger partial charge in [-0.2, -0.15) is 13.2 Å². The van der Waals surface area contributed by atoms with Crippen LogP contribution in [-0.2, 0) is 57.9 Å². The Morgan fingerprint density at radius 2 is 1.83 bits per heavy atom. The third-order valence-corrected chi connectivity index (χ3v) is 18.4. The van der Waals surface area contributed by atoms with E-state index in [1.807, 2.05) is 13.8 Å². The number of thiazole rings is 1. The van der Waals surface area contributed by atoms with E-state index in [0.29, 0.717) is 62.5 Å².